The van der Waals surface area contributed by atoms with Crippen LogP contribution in [0.15, 0.2) is 18.5 Å². The van der Waals surface area contributed by atoms with E-state index < -0.39 is 54.5 Å². The smallest absolute Gasteiger partial charge is 0.387 e. The molecule has 7 N–H and O–H groups in total. The van der Waals surface area contributed by atoms with Crippen molar-refractivity contribution in [3.05, 3.63) is 28.7 Å². The van der Waals surface area contributed by atoms with E-state index >= 15 is 0 Å². The van der Waals surface area contributed by atoms with Gasteiger partial charge in [0.05, 0.1) is 6.61 Å². The third kappa shape index (κ3) is 6.32. The number of phosphoric acid groups is 3. The first-order chi connectivity index (χ1) is 14.7. The molecule has 0 radical (unpaired) electrons. The van der Waals surface area contributed by atoms with Crippen LogP contribution in [0.3, 0.4) is 0 Å². The van der Waals surface area contributed by atoms with Crippen LogP contribution in [-0.2, 0) is 31.6 Å². The molecular weight excluding hydrogens is 519 g/mol. The maximum atomic E-state index is 11.8. The molecule has 20 heteroatoms. The number of phosphoric ester groups is 1. The Labute approximate surface area is 183 Å². The van der Waals surface area contributed by atoms with Gasteiger partial charge in [-0.15, -0.1) is 0 Å². The zero-order valence-corrected chi connectivity index (χ0v) is 18.9. The fourth-order valence-electron chi connectivity index (χ4n) is 2.76. The molecule has 6 atom stereocenters. The number of fused-ring (bicyclic) bond motifs is 1. The van der Waals surface area contributed by atoms with Gasteiger partial charge in [0.1, 0.15) is 34.8 Å². The number of aliphatic hydroxyl groups is 2. The summed E-state index contributed by atoms with van der Waals surface area (Å²) >= 11 is 5.17. The van der Waals surface area contributed by atoms with Crippen LogP contribution in [0.4, 0.5) is 0 Å². The van der Waals surface area contributed by atoms with Gasteiger partial charge in [-0.2, -0.15) is 8.62 Å². The molecule has 16 nitrogen and oxygen atoms in total. The van der Waals surface area contributed by atoms with Crippen molar-refractivity contribution in [1.82, 2.24) is 15.0 Å². The van der Waals surface area contributed by atoms with Gasteiger partial charge in [0.2, 0.25) is 0 Å². The second-order valence-electron chi connectivity index (χ2n) is 6.30. The summed E-state index contributed by atoms with van der Waals surface area (Å²) in [4.78, 5) is 46.7. The number of nitrogens with zero attached hydrogens (tertiary/aromatic N) is 2. The number of aliphatic hydroxyl groups excluding tert-OH is 2. The van der Waals surface area contributed by atoms with Crippen LogP contribution in [-0.4, -0.2) is 69.7 Å². The number of aromatic nitrogens is 3. The van der Waals surface area contributed by atoms with Gasteiger partial charge in [0, 0.05) is 18.0 Å². The van der Waals surface area contributed by atoms with Crippen molar-refractivity contribution < 1.29 is 61.4 Å². The third-order valence-electron chi connectivity index (χ3n) is 3.99. The molecular formula is C12H16N3O13P3S. The van der Waals surface area contributed by atoms with Gasteiger partial charge < -0.3 is 39.5 Å². The number of hydrogen-bond acceptors (Lipinski definition) is 12. The van der Waals surface area contributed by atoms with Crippen molar-refractivity contribution in [2.75, 3.05) is 6.61 Å². The molecule has 3 aliphatic heterocycles. The molecule has 0 aliphatic carbocycles. The molecule has 1 fully saturated rings. The molecule has 3 rings (SSSR count). The summed E-state index contributed by atoms with van der Waals surface area (Å²) in [5.41, 5.74) is 0.560. The molecule has 0 aromatic carbocycles. The molecule has 0 spiro atoms. The van der Waals surface area contributed by atoms with E-state index in [1.54, 1.807) is 0 Å². The van der Waals surface area contributed by atoms with E-state index in [1.165, 1.54) is 18.5 Å². The van der Waals surface area contributed by atoms with Crippen molar-refractivity contribution in [3.8, 4) is 11.5 Å². The fraction of sp³-hybridized carbons (Fsp3) is 0.417. The minimum absolute atomic E-state index is 0.0199. The molecule has 0 aromatic rings. The lowest BCUT2D eigenvalue weighted by molar-refractivity contribution is -0.0224. The second kappa shape index (κ2) is 9.33. The Morgan fingerprint density at radius 3 is 2.44 bits per heavy atom. The van der Waals surface area contributed by atoms with Gasteiger partial charge in [-0.25, -0.2) is 18.7 Å². The van der Waals surface area contributed by atoms with Crippen molar-refractivity contribution in [2.45, 2.75) is 24.4 Å². The zero-order chi connectivity index (χ0) is 23.9. The number of aromatic amines is 1. The van der Waals surface area contributed by atoms with Crippen LogP contribution >= 0.6 is 35.7 Å². The van der Waals surface area contributed by atoms with E-state index in [1.807, 2.05) is 0 Å². The first kappa shape index (κ1) is 25.6. The highest BCUT2D eigenvalue weighted by molar-refractivity contribution is 7.71. The molecule has 3 unspecified atom stereocenters. The van der Waals surface area contributed by atoms with E-state index in [9.17, 15) is 28.8 Å². The fourth-order valence-corrected chi connectivity index (χ4v) is 6.05. The van der Waals surface area contributed by atoms with Crippen molar-refractivity contribution in [3.63, 3.8) is 0 Å². The van der Waals surface area contributed by atoms with E-state index in [0.717, 1.165) is 0 Å². The van der Waals surface area contributed by atoms with E-state index in [4.69, 9.17) is 31.6 Å². The minimum Gasteiger partial charge on any atom is -0.387 e. The van der Waals surface area contributed by atoms with Crippen LogP contribution in [0.5, 0.6) is 0 Å². The second-order valence-corrected chi connectivity index (χ2v) is 11.1. The van der Waals surface area contributed by atoms with Gasteiger partial charge in [-0.1, -0.05) is 12.2 Å². The summed E-state index contributed by atoms with van der Waals surface area (Å²) in [5.74, 6) is 0.360. The Hall–Kier alpha value is -1.00. The molecule has 3 aliphatic rings. The quantitative estimate of drug-likeness (QED) is 0.175. The molecule has 32 heavy (non-hydrogen) atoms. The summed E-state index contributed by atoms with van der Waals surface area (Å²) in [6, 6.07) is 1.46. The number of H-pyrrole nitrogens is 1. The Balaban J connectivity index is 1.71. The SMILES string of the molecule is O=P(O)(O)OP(=O)(O)OP(=O)(O)OC[C@H]1O[C@@H](c2cc3ncc[nH]c-3nc2=S)[C@@H](O)C1O. The Kier molecular flexibility index (Phi) is 7.47. The van der Waals surface area contributed by atoms with Crippen LogP contribution in [0.25, 0.3) is 11.5 Å². The first-order valence-corrected chi connectivity index (χ1v) is 13.2. The standard InChI is InChI=1S/C12H16N3O13P3S/c16-8-7(4-25-30(21,22)28-31(23,24)27-29(18,19)20)26-10(9(8)17)5-3-6-11(15-12(5)32)14-2-1-13-6/h1-3,7-10,16-17H,4H2,(H,21,22)(H,23,24)(H,14,15,32)(H2,18,19,20)/t7-,8?,9+,10+/m1/s1. The Morgan fingerprint density at radius 2 is 1.78 bits per heavy atom. The maximum Gasteiger partial charge on any atom is 0.490 e. The van der Waals surface area contributed by atoms with E-state index in [-0.39, 0.29) is 10.2 Å². The van der Waals surface area contributed by atoms with Crippen LogP contribution in [0, 0.1) is 4.64 Å². The van der Waals surface area contributed by atoms with Gasteiger partial charge in [-0.3, -0.25) is 9.51 Å². The summed E-state index contributed by atoms with van der Waals surface area (Å²) in [6.07, 6.45) is -2.94. The number of nitrogens with one attached hydrogen (secondary N) is 1. The van der Waals surface area contributed by atoms with Gasteiger partial charge in [0.15, 0.2) is 5.82 Å². The number of ether oxygens (including phenoxy) is 1. The van der Waals surface area contributed by atoms with Gasteiger partial charge in [0.25, 0.3) is 0 Å². The summed E-state index contributed by atoms with van der Waals surface area (Å²) in [7, 11) is -16.7. The van der Waals surface area contributed by atoms with E-state index in [2.05, 4.69) is 28.1 Å². The predicted octanol–water partition coefficient (Wildman–Crippen LogP) is 0.144. The van der Waals surface area contributed by atoms with Crippen molar-refractivity contribution >= 4 is 35.7 Å². The predicted molar refractivity (Wildman–Crippen MR) is 103 cm³/mol. The molecule has 178 valence electrons. The Morgan fingerprint density at radius 1 is 1.09 bits per heavy atom. The summed E-state index contributed by atoms with van der Waals surface area (Å²) in [5, 5.41) is 20.5. The third-order valence-corrected chi connectivity index (χ3v) is 8.12. The van der Waals surface area contributed by atoms with Gasteiger partial charge in [-0.05, 0) is 6.07 Å². The number of pyridine rings is 1. The average molecular weight is 535 g/mol. The highest BCUT2D eigenvalue weighted by atomic mass is 32.1. The summed E-state index contributed by atoms with van der Waals surface area (Å²) in [6.45, 7) is -0.946. The number of rotatable bonds is 8. The lowest BCUT2D eigenvalue weighted by atomic mass is 10.0. The lowest BCUT2D eigenvalue weighted by Crippen LogP contribution is -2.33. The van der Waals surface area contributed by atoms with Crippen LogP contribution in [0.1, 0.15) is 11.7 Å². The molecule has 0 amide bonds. The highest BCUT2D eigenvalue weighted by Gasteiger charge is 2.46. The average Bonchev–Trinajstić information content (AvgIpc) is 2.91. The van der Waals surface area contributed by atoms with Crippen LogP contribution < -0.4 is 0 Å². The van der Waals surface area contributed by atoms with Crippen molar-refractivity contribution in [2.24, 2.45) is 0 Å². The lowest BCUT2D eigenvalue weighted by Gasteiger charge is -2.19. The largest absolute Gasteiger partial charge is 0.490 e. The monoisotopic (exact) mass is 535 g/mol. The number of hydrogen-bond donors (Lipinski definition) is 7. The summed E-state index contributed by atoms with van der Waals surface area (Å²) < 4.78 is 50.9. The Bertz CT molecular complexity index is 1160. The maximum absolute atomic E-state index is 11.8. The van der Waals surface area contributed by atoms with Crippen molar-refractivity contribution in [1.29, 1.82) is 0 Å². The van der Waals surface area contributed by atoms with E-state index in [0.29, 0.717) is 11.5 Å². The molecule has 0 bridgehead atoms. The molecule has 1 saturated heterocycles. The highest BCUT2D eigenvalue weighted by Crippen LogP contribution is 2.66. The van der Waals surface area contributed by atoms with Crippen LogP contribution in [0.2, 0.25) is 0 Å². The zero-order valence-electron chi connectivity index (χ0n) is 15.4. The molecule has 0 aromatic heterocycles. The first-order valence-electron chi connectivity index (χ1n) is 8.32. The topological polar surface area (TPSA) is 251 Å². The minimum atomic E-state index is -5.70. The molecule has 3 heterocycles. The molecule has 0 saturated carbocycles. The normalized spacial score (nSPS) is 27.8. The van der Waals surface area contributed by atoms with Gasteiger partial charge >= 0.3 is 23.5 Å².